The molecule has 0 amide bonds. The number of hydrogen-bond acceptors (Lipinski definition) is 5. The van der Waals surface area contributed by atoms with Gasteiger partial charge in [0.2, 0.25) is 0 Å². The first-order chi connectivity index (χ1) is 5.99. The van der Waals surface area contributed by atoms with E-state index in [0.29, 0.717) is 0 Å². The van der Waals surface area contributed by atoms with Gasteiger partial charge in [-0.3, -0.25) is 0 Å². The molecule has 0 aromatic rings. The zero-order valence-corrected chi connectivity index (χ0v) is 7.97. The third-order valence-corrected chi connectivity index (χ3v) is 1.82. The highest BCUT2D eigenvalue weighted by atomic mass is 16.5. The molecule has 0 fully saturated rings. The van der Waals surface area contributed by atoms with Crippen LogP contribution in [0.4, 0.5) is 0 Å². The second-order valence-electron chi connectivity index (χ2n) is 3.14. The quantitative estimate of drug-likeness (QED) is 0.412. The van der Waals surface area contributed by atoms with Crippen LogP contribution >= 0.6 is 0 Å². The van der Waals surface area contributed by atoms with Crippen LogP contribution in [0.25, 0.3) is 0 Å². The number of aliphatic hydroxyl groups is 4. The van der Waals surface area contributed by atoms with Crippen molar-refractivity contribution >= 4 is 0 Å². The largest absolute Gasteiger partial charge is 0.394 e. The fourth-order valence-corrected chi connectivity index (χ4v) is 1.07. The van der Waals surface area contributed by atoms with Crippen molar-refractivity contribution in [3.63, 3.8) is 0 Å². The number of aliphatic hydroxyl groups excluding tert-OH is 3. The highest BCUT2D eigenvalue weighted by Gasteiger charge is 2.37. The minimum Gasteiger partial charge on any atom is -0.394 e. The number of rotatable bonds is 6. The summed E-state index contributed by atoms with van der Waals surface area (Å²) in [4.78, 5) is 0. The van der Waals surface area contributed by atoms with Crippen LogP contribution in [0, 0.1) is 0 Å². The summed E-state index contributed by atoms with van der Waals surface area (Å²) in [6.07, 6.45) is -2.17. The van der Waals surface area contributed by atoms with Gasteiger partial charge in [-0.15, -0.1) is 0 Å². The second-order valence-corrected chi connectivity index (χ2v) is 3.14. The fourth-order valence-electron chi connectivity index (χ4n) is 1.07. The molecular weight excluding hydrogens is 176 g/mol. The van der Waals surface area contributed by atoms with E-state index in [1.54, 1.807) is 6.92 Å². The lowest BCUT2D eigenvalue weighted by atomic mass is 9.95. The van der Waals surface area contributed by atoms with Gasteiger partial charge in [0, 0.05) is 6.61 Å². The first-order valence-electron chi connectivity index (χ1n) is 4.23. The van der Waals surface area contributed by atoms with Gasteiger partial charge in [0.05, 0.1) is 13.2 Å². The number of ether oxygens (including phenoxy) is 1. The van der Waals surface area contributed by atoms with Gasteiger partial charge in [-0.25, -0.2) is 0 Å². The Morgan fingerprint density at radius 2 is 1.92 bits per heavy atom. The van der Waals surface area contributed by atoms with Gasteiger partial charge in [-0.05, 0) is 13.8 Å². The minimum atomic E-state index is -1.54. The Labute approximate surface area is 77.6 Å². The van der Waals surface area contributed by atoms with E-state index in [4.69, 9.17) is 14.9 Å². The summed E-state index contributed by atoms with van der Waals surface area (Å²) < 4.78 is 5.03. The molecule has 4 N–H and O–H groups in total. The van der Waals surface area contributed by atoms with Gasteiger partial charge in [-0.2, -0.15) is 0 Å². The highest BCUT2D eigenvalue weighted by molar-refractivity contribution is 4.87. The molecule has 5 nitrogen and oxygen atoms in total. The molecule has 1 unspecified atom stereocenters. The first-order valence-corrected chi connectivity index (χ1v) is 4.23. The third-order valence-electron chi connectivity index (χ3n) is 1.82. The Morgan fingerprint density at radius 3 is 2.23 bits per heavy atom. The maximum absolute atomic E-state index is 9.57. The van der Waals surface area contributed by atoms with E-state index in [2.05, 4.69) is 0 Å². The van der Waals surface area contributed by atoms with Crippen LogP contribution in [0.3, 0.4) is 0 Å². The molecule has 0 radical (unpaired) electrons. The predicted molar refractivity (Wildman–Crippen MR) is 46.2 cm³/mol. The van der Waals surface area contributed by atoms with Gasteiger partial charge >= 0.3 is 0 Å². The molecule has 3 atom stereocenters. The van der Waals surface area contributed by atoms with Gasteiger partial charge < -0.3 is 25.2 Å². The van der Waals surface area contributed by atoms with Crippen molar-refractivity contribution in [1.82, 2.24) is 0 Å². The van der Waals surface area contributed by atoms with E-state index in [9.17, 15) is 10.2 Å². The monoisotopic (exact) mass is 194 g/mol. The predicted octanol–water partition coefficient (Wildman–Crippen LogP) is -1.51. The van der Waals surface area contributed by atoms with Crippen LogP contribution < -0.4 is 0 Å². The lowest BCUT2D eigenvalue weighted by molar-refractivity contribution is -0.167. The Kier molecular flexibility index (Phi) is 5.43. The highest BCUT2D eigenvalue weighted by Crippen LogP contribution is 2.16. The zero-order valence-electron chi connectivity index (χ0n) is 7.97. The van der Waals surface area contributed by atoms with Crippen LogP contribution in [0.15, 0.2) is 0 Å². The molecule has 5 heteroatoms. The molecule has 0 bridgehead atoms. The van der Waals surface area contributed by atoms with Crippen molar-refractivity contribution in [2.24, 2.45) is 0 Å². The normalized spacial score (nSPS) is 20.8. The van der Waals surface area contributed by atoms with E-state index >= 15 is 0 Å². The fraction of sp³-hybridized carbons (Fsp3) is 1.00. The molecule has 0 heterocycles. The van der Waals surface area contributed by atoms with E-state index in [-0.39, 0.29) is 6.61 Å². The summed E-state index contributed by atoms with van der Waals surface area (Å²) in [5.74, 6) is 0. The zero-order chi connectivity index (χ0) is 10.5. The lowest BCUT2D eigenvalue weighted by Gasteiger charge is -2.33. The van der Waals surface area contributed by atoms with Gasteiger partial charge in [0.15, 0.2) is 0 Å². The minimum absolute atomic E-state index is 0.290. The molecule has 0 aliphatic rings. The summed E-state index contributed by atoms with van der Waals surface area (Å²) in [6, 6.07) is 0. The molecule has 0 rings (SSSR count). The molecule has 0 aromatic carbocycles. The first kappa shape index (κ1) is 12.8. The van der Waals surface area contributed by atoms with E-state index in [1.165, 1.54) is 6.92 Å². The van der Waals surface area contributed by atoms with Crippen LogP contribution in [-0.2, 0) is 4.74 Å². The average Bonchev–Trinajstić information content (AvgIpc) is 2.12. The smallest absolute Gasteiger partial charge is 0.116 e. The molecule has 13 heavy (non-hydrogen) atoms. The van der Waals surface area contributed by atoms with Crippen molar-refractivity contribution in [1.29, 1.82) is 0 Å². The van der Waals surface area contributed by atoms with Crippen LogP contribution in [-0.4, -0.2) is 58.1 Å². The second kappa shape index (κ2) is 5.51. The molecular formula is C8H18O5. The molecule has 0 saturated heterocycles. The SMILES string of the molecule is CCO[C@@H](C(O)CO)[C@@](C)(O)CO. The Bertz CT molecular complexity index is 136. The number of hydrogen-bond donors (Lipinski definition) is 4. The Hall–Kier alpha value is -0.200. The standard InChI is InChI=1S/C8H18O5/c1-3-13-7(6(11)4-9)8(2,12)5-10/h6-7,9-12H,3-5H2,1-2H3/t6?,7-,8-/m0/s1. The Morgan fingerprint density at radius 1 is 1.38 bits per heavy atom. The van der Waals surface area contributed by atoms with Gasteiger partial charge in [0.25, 0.3) is 0 Å². The van der Waals surface area contributed by atoms with Crippen LogP contribution in [0.2, 0.25) is 0 Å². The Balaban J connectivity index is 4.39. The maximum Gasteiger partial charge on any atom is 0.116 e. The molecule has 0 spiro atoms. The molecule has 80 valence electrons. The summed E-state index contributed by atoms with van der Waals surface area (Å²) in [7, 11) is 0. The van der Waals surface area contributed by atoms with Crippen molar-refractivity contribution in [3.8, 4) is 0 Å². The van der Waals surface area contributed by atoms with Crippen molar-refractivity contribution in [2.75, 3.05) is 19.8 Å². The van der Waals surface area contributed by atoms with Crippen molar-refractivity contribution in [2.45, 2.75) is 31.7 Å². The van der Waals surface area contributed by atoms with Gasteiger partial charge in [0.1, 0.15) is 17.8 Å². The van der Waals surface area contributed by atoms with Gasteiger partial charge in [-0.1, -0.05) is 0 Å². The molecule has 0 aromatic heterocycles. The summed E-state index contributed by atoms with van der Waals surface area (Å²) >= 11 is 0. The third kappa shape index (κ3) is 3.58. The van der Waals surface area contributed by atoms with Crippen LogP contribution in [0.5, 0.6) is 0 Å². The average molecular weight is 194 g/mol. The van der Waals surface area contributed by atoms with Crippen molar-refractivity contribution < 1.29 is 25.2 Å². The summed E-state index contributed by atoms with van der Waals surface area (Å²) in [5.41, 5.74) is -1.54. The molecule has 0 saturated carbocycles. The van der Waals surface area contributed by atoms with E-state index in [1.807, 2.05) is 0 Å². The molecule has 0 aliphatic heterocycles. The summed E-state index contributed by atoms with van der Waals surface area (Å²) in [6.45, 7) is 2.28. The maximum atomic E-state index is 9.57. The van der Waals surface area contributed by atoms with E-state index < -0.39 is 31.0 Å². The lowest BCUT2D eigenvalue weighted by Crippen LogP contribution is -2.52. The molecule has 0 aliphatic carbocycles. The van der Waals surface area contributed by atoms with Crippen molar-refractivity contribution in [3.05, 3.63) is 0 Å². The van der Waals surface area contributed by atoms with E-state index in [0.717, 1.165) is 0 Å². The topological polar surface area (TPSA) is 90.2 Å². The van der Waals surface area contributed by atoms with Crippen LogP contribution in [0.1, 0.15) is 13.8 Å². The summed E-state index contributed by atoms with van der Waals surface area (Å²) in [5, 5.41) is 36.3.